The van der Waals surface area contributed by atoms with Gasteiger partial charge in [-0.25, -0.2) is 4.98 Å². The highest BCUT2D eigenvalue weighted by molar-refractivity contribution is 7.98. The van der Waals surface area contributed by atoms with Gasteiger partial charge in [0.05, 0.1) is 13.7 Å². The van der Waals surface area contributed by atoms with Crippen LogP contribution in [0.5, 0.6) is 5.88 Å². The molecule has 1 atom stereocenters. The number of rotatable bonds is 8. The number of carbonyl (C=O) groups excluding carboxylic acids is 1. The van der Waals surface area contributed by atoms with Crippen LogP contribution in [0.1, 0.15) is 18.9 Å². The molecular formula is C13H20N2O3S. The molecule has 2 N–H and O–H groups in total. The van der Waals surface area contributed by atoms with Gasteiger partial charge < -0.3 is 15.2 Å². The number of ether oxygens (including phenoxy) is 2. The standard InChI is InChI=1S/C13H20N2O3S/c1-3-18-13(16)11(14)6-8-19-9-10-5-4-7-15-12(10)17-2/h4-5,7,11H,3,6,8-9,14H2,1-2H3. The van der Waals surface area contributed by atoms with Crippen molar-refractivity contribution in [3.63, 3.8) is 0 Å². The fourth-order valence-corrected chi connectivity index (χ4v) is 2.48. The minimum Gasteiger partial charge on any atom is -0.481 e. The lowest BCUT2D eigenvalue weighted by Gasteiger charge is -2.10. The Kier molecular flexibility index (Phi) is 7.28. The Hall–Kier alpha value is -1.27. The molecule has 6 heteroatoms. The first-order valence-electron chi connectivity index (χ1n) is 6.16. The van der Waals surface area contributed by atoms with Crippen LogP contribution in [0.15, 0.2) is 18.3 Å². The van der Waals surface area contributed by atoms with Gasteiger partial charge in [-0.3, -0.25) is 4.79 Å². The van der Waals surface area contributed by atoms with Crippen molar-refractivity contribution in [1.29, 1.82) is 0 Å². The summed E-state index contributed by atoms with van der Waals surface area (Å²) in [6.45, 7) is 2.14. The Labute approximate surface area is 117 Å². The van der Waals surface area contributed by atoms with Crippen molar-refractivity contribution in [2.45, 2.75) is 25.1 Å². The van der Waals surface area contributed by atoms with Crippen LogP contribution in [-0.2, 0) is 15.3 Å². The van der Waals surface area contributed by atoms with Crippen molar-refractivity contribution in [1.82, 2.24) is 4.98 Å². The molecule has 106 valence electrons. The monoisotopic (exact) mass is 284 g/mol. The van der Waals surface area contributed by atoms with E-state index >= 15 is 0 Å². The second kappa shape index (κ2) is 8.77. The normalized spacial score (nSPS) is 11.9. The SMILES string of the molecule is CCOC(=O)C(N)CCSCc1cccnc1OC. The van der Waals surface area contributed by atoms with Gasteiger partial charge in [-0.05, 0) is 25.2 Å². The van der Waals surface area contributed by atoms with Crippen molar-refractivity contribution < 1.29 is 14.3 Å². The summed E-state index contributed by atoms with van der Waals surface area (Å²) in [5.41, 5.74) is 6.76. The second-order valence-corrected chi connectivity index (χ2v) is 4.98. The molecule has 0 bridgehead atoms. The molecule has 0 radical (unpaired) electrons. The summed E-state index contributed by atoms with van der Waals surface area (Å²) in [6, 6.07) is 3.32. The maximum Gasteiger partial charge on any atom is 0.322 e. The fourth-order valence-electron chi connectivity index (χ4n) is 1.48. The predicted octanol–water partition coefficient (Wildman–Crippen LogP) is 1.60. The number of nitrogens with two attached hydrogens (primary N) is 1. The summed E-state index contributed by atoms with van der Waals surface area (Å²) in [4.78, 5) is 15.5. The molecule has 19 heavy (non-hydrogen) atoms. The molecule has 0 aromatic carbocycles. The number of aromatic nitrogens is 1. The molecule has 5 nitrogen and oxygen atoms in total. The maximum absolute atomic E-state index is 11.3. The predicted molar refractivity (Wildman–Crippen MR) is 76.2 cm³/mol. The number of esters is 1. The summed E-state index contributed by atoms with van der Waals surface area (Å²) in [5.74, 6) is 1.89. The van der Waals surface area contributed by atoms with Crippen LogP contribution >= 0.6 is 11.8 Å². The third-order valence-corrected chi connectivity index (χ3v) is 3.50. The lowest BCUT2D eigenvalue weighted by Crippen LogP contribution is -2.32. The topological polar surface area (TPSA) is 74.4 Å². The van der Waals surface area contributed by atoms with E-state index in [-0.39, 0.29) is 5.97 Å². The molecule has 1 aromatic rings. The zero-order valence-electron chi connectivity index (χ0n) is 11.3. The van der Waals surface area contributed by atoms with E-state index in [1.54, 1.807) is 32.0 Å². The Morgan fingerprint density at radius 2 is 2.37 bits per heavy atom. The average molecular weight is 284 g/mol. The first kappa shape index (κ1) is 15.8. The van der Waals surface area contributed by atoms with Crippen LogP contribution in [0.25, 0.3) is 0 Å². The quantitative estimate of drug-likeness (QED) is 0.577. The average Bonchev–Trinajstić information content (AvgIpc) is 2.44. The van der Waals surface area contributed by atoms with E-state index in [2.05, 4.69) is 4.98 Å². The van der Waals surface area contributed by atoms with Crippen LogP contribution in [0.2, 0.25) is 0 Å². The van der Waals surface area contributed by atoms with E-state index in [4.69, 9.17) is 15.2 Å². The Balaban J connectivity index is 2.29. The lowest BCUT2D eigenvalue weighted by molar-refractivity contribution is -0.144. The van der Waals surface area contributed by atoms with Gasteiger partial charge in [0, 0.05) is 17.5 Å². The van der Waals surface area contributed by atoms with E-state index < -0.39 is 6.04 Å². The molecule has 0 fully saturated rings. The van der Waals surface area contributed by atoms with Gasteiger partial charge in [-0.1, -0.05) is 6.07 Å². The number of nitrogens with zero attached hydrogens (tertiary/aromatic N) is 1. The fraction of sp³-hybridized carbons (Fsp3) is 0.538. The number of thioether (sulfide) groups is 1. The highest BCUT2D eigenvalue weighted by atomic mass is 32.2. The van der Waals surface area contributed by atoms with E-state index in [1.807, 2.05) is 12.1 Å². The summed E-state index contributed by atoms with van der Waals surface area (Å²) in [7, 11) is 1.60. The zero-order valence-corrected chi connectivity index (χ0v) is 12.1. The molecule has 0 amide bonds. The number of pyridine rings is 1. The number of methoxy groups -OCH3 is 1. The van der Waals surface area contributed by atoms with Crippen molar-refractivity contribution in [2.24, 2.45) is 5.73 Å². The van der Waals surface area contributed by atoms with E-state index in [0.717, 1.165) is 17.1 Å². The minimum absolute atomic E-state index is 0.331. The molecular weight excluding hydrogens is 264 g/mol. The van der Waals surface area contributed by atoms with Gasteiger partial charge in [-0.15, -0.1) is 0 Å². The highest BCUT2D eigenvalue weighted by Crippen LogP contribution is 2.20. The third kappa shape index (κ3) is 5.48. The molecule has 0 saturated carbocycles. The van der Waals surface area contributed by atoms with Gasteiger partial charge in [0.15, 0.2) is 0 Å². The first-order valence-corrected chi connectivity index (χ1v) is 7.32. The minimum atomic E-state index is -0.539. The highest BCUT2D eigenvalue weighted by Gasteiger charge is 2.14. The smallest absolute Gasteiger partial charge is 0.322 e. The van der Waals surface area contributed by atoms with Crippen LogP contribution in [0.3, 0.4) is 0 Å². The molecule has 0 saturated heterocycles. The largest absolute Gasteiger partial charge is 0.481 e. The van der Waals surface area contributed by atoms with E-state index in [1.165, 1.54) is 0 Å². The summed E-state index contributed by atoms with van der Waals surface area (Å²) >= 11 is 1.69. The molecule has 1 aromatic heterocycles. The van der Waals surface area contributed by atoms with Crippen molar-refractivity contribution in [3.8, 4) is 5.88 Å². The lowest BCUT2D eigenvalue weighted by atomic mass is 10.2. The Bertz CT molecular complexity index is 401. The van der Waals surface area contributed by atoms with E-state index in [9.17, 15) is 4.79 Å². The Morgan fingerprint density at radius 3 is 3.05 bits per heavy atom. The maximum atomic E-state index is 11.3. The molecule has 1 unspecified atom stereocenters. The first-order chi connectivity index (χ1) is 9.19. The Morgan fingerprint density at radius 1 is 1.58 bits per heavy atom. The van der Waals surface area contributed by atoms with Gasteiger partial charge in [0.25, 0.3) is 0 Å². The number of carbonyl (C=O) groups is 1. The molecule has 1 heterocycles. The van der Waals surface area contributed by atoms with Crippen LogP contribution < -0.4 is 10.5 Å². The summed E-state index contributed by atoms with van der Waals surface area (Å²) in [6.07, 6.45) is 2.30. The molecule has 0 spiro atoms. The van der Waals surface area contributed by atoms with E-state index in [0.29, 0.717) is 18.9 Å². The molecule has 1 rings (SSSR count). The van der Waals surface area contributed by atoms with Crippen molar-refractivity contribution in [3.05, 3.63) is 23.9 Å². The second-order valence-electron chi connectivity index (χ2n) is 3.87. The van der Waals surface area contributed by atoms with Gasteiger partial charge in [0.1, 0.15) is 6.04 Å². The number of hydrogen-bond acceptors (Lipinski definition) is 6. The number of hydrogen-bond donors (Lipinski definition) is 1. The molecule has 0 aliphatic rings. The summed E-state index contributed by atoms with van der Waals surface area (Å²) < 4.78 is 10.0. The molecule has 0 aliphatic heterocycles. The summed E-state index contributed by atoms with van der Waals surface area (Å²) in [5, 5.41) is 0. The van der Waals surface area contributed by atoms with Gasteiger partial charge in [-0.2, -0.15) is 11.8 Å². The zero-order chi connectivity index (χ0) is 14.1. The van der Waals surface area contributed by atoms with Gasteiger partial charge in [0.2, 0.25) is 5.88 Å². The van der Waals surface area contributed by atoms with Crippen LogP contribution in [0, 0.1) is 0 Å². The molecule has 0 aliphatic carbocycles. The van der Waals surface area contributed by atoms with Crippen LogP contribution in [0.4, 0.5) is 0 Å². The third-order valence-electron chi connectivity index (χ3n) is 2.46. The van der Waals surface area contributed by atoms with Crippen LogP contribution in [-0.4, -0.2) is 36.5 Å². The van der Waals surface area contributed by atoms with Crippen molar-refractivity contribution >= 4 is 17.7 Å². The van der Waals surface area contributed by atoms with Gasteiger partial charge >= 0.3 is 5.97 Å². The van der Waals surface area contributed by atoms with Crippen molar-refractivity contribution in [2.75, 3.05) is 19.5 Å².